The van der Waals surface area contributed by atoms with Crippen LogP contribution in [0.1, 0.15) is 6.92 Å². The van der Waals surface area contributed by atoms with Crippen LogP contribution in [0.15, 0.2) is 79.0 Å². The Labute approximate surface area is 156 Å². The summed E-state index contributed by atoms with van der Waals surface area (Å²) in [7, 11) is 0. The molecular formula is C22H18FN3O. The van der Waals surface area contributed by atoms with Gasteiger partial charge in [0.1, 0.15) is 17.3 Å². The van der Waals surface area contributed by atoms with Crippen molar-refractivity contribution in [2.75, 3.05) is 6.61 Å². The standard InChI is InChI=1S/C22H18FN3O/c1-2-27-22-14-18(23)10-13-20(22)16-8-11-19(12-9-16)26-15-21(24-25-26)17-6-4-3-5-7-17/h3-15H,2H2,1H3. The molecule has 3 aromatic carbocycles. The molecule has 0 fully saturated rings. The first-order chi connectivity index (χ1) is 13.2. The quantitative estimate of drug-likeness (QED) is 0.495. The van der Waals surface area contributed by atoms with Crippen molar-refractivity contribution in [3.05, 3.63) is 84.8 Å². The van der Waals surface area contributed by atoms with E-state index in [1.54, 1.807) is 10.7 Å². The molecule has 4 nitrogen and oxygen atoms in total. The molecule has 1 heterocycles. The molecule has 0 spiro atoms. The Morgan fingerprint density at radius 1 is 0.926 bits per heavy atom. The zero-order chi connectivity index (χ0) is 18.6. The normalized spacial score (nSPS) is 10.7. The summed E-state index contributed by atoms with van der Waals surface area (Å²) in [4.78, 5) is 0. The van der Waals surface area contributed by atoms with E-state index in [-0.39, 0.29) is 5.82 Å². The minimum atomic E-state index is -0.310. The van der Waals surface area contributed by atoms with E-state index in [0.29, 0.717) is 12.4 Å². The molecule has 1 aromatic heterocycles. The van der Waals surface area contributed by atoms with Crippen molar-refractivity contribution in [3.8, 4) is 33.8 Å². The molecule has 134 valence electrons. The van der Waals surface area contributed by atoms with Crippen LogP contribution in [-0.4, -0.2) is 21.6 Å². The third-order valence-corrected chi connectivity index (χ3v) is 4.25. The van der Waals surface area contributed by atoms with Crippen LogP contribution in [0.3, 0.4) is 0 Å². The third kappa shape index (κ3) is 3.58. The number of hydrogen-bond acceptors (Lipinski definition) is 3. The molecule has 0 aliphatic heterocycles. The van der Waals surface area contributed by atoms with Gasteiger partial charge in [-0.25, -0.2) is 9.07 Å². The van der Waals surface area contributed by atoms with Crippen molar-refractivity contribution in [3.63, 3.8) is 0 Å². The van der Waals surface area contributed by atoms with Gasteiger partial charge in [0, 0.05) is 17.2 Å². The number of halogens is 1. The number of benzene rings is 3. The molecule has 0 saturated heterocycles. The van der Waals surface area contributed by atoms with E-state index in [1.807, 2.05) is 67.7 Å². The Morgan fingerprint density at radius 3 is 2.44 bits per heavy atom. The molecule has 0 aliphatic rings. The van der Waals surface area contributed by atoms with E-state index < -0.39 is 0 Å². The lowest BCUT2D eigenvalue weighted by Crippen LogP contribution is -1.96. The van der Waals surface area contributed by atoms with E-state index in [0.717, 1.165) is 28.1 Å². The third-order valence-electron chi connectivity index (χ3n) is 4.25. The summed E-state index contributed by atoms with van der Waals surface area (Å²) in [6.07, 6.45) is 1.90. The van der Waals surface area contributed by atoms with Crippen LogP contribution in [0.2, 0.25) is 0 Å². The number of nitrogens with zero attached hydrogens (tertiary/aromatic N) is 3. The molecule has 0 amide bonds. The van der Waals surface area contributed by atoms with Crippen LogP contribution in [0.5, 0.6) is 5.75 Å². The minimum Gasteiger partial charge on any atom is -0.493 e. The summed E-state index contributed by atoms with van der Waals surface area (Å²) in [6.45, 7) is 2.36. The molecule has 0 unspecified atom stereocenters. The summed E-state index contributed by atoms with van der Waals surface area (Å²) >= 11 is 0. The highest BCUT2D eigenvalue weighted by atomic mass is 19.1. The average molecular weight is 359 g/mol. The van der Waals surface area contributed by atoms with Crippen molar-refractivity contribution in [1.29, 1.82) is 0 Å². The highest BCUT2D eigenvalue weighted by molar-refractivity contribution is 5.71. The molecule has 0 aliphatic carbocycles. The van der Waals surface area contributed by atoms with Crippen LogP contribution in [0, 0.1) is 5.82 Å². The number of hydrogen-bond donors (Lipinski definition) is 0. The average Bonchev–Trinajstić information content (AvgIpc) is 3.20. The maximum Gasteiger partial charge on any atom is 0.130 e. The van der Waals surface area contributed by atoms with Crippen molar-refractivity contribution in [2.45, 2.75) is 6.92 Å². The SMILES string of the molecule is CCOc1cc(F)ccc1-c1ccc(-n2cc(-c3ccccc3)nn2)cc1. The molecule has 27 heavy (non-hydrogen) atoms. The van der Waals surface area contributed by atoms with Gasteiger partial charge in [0.05, 0.1) is 18.5 Å². The molecule has 4 aromatic rings. The lowest BCUT2D eigenvalue weighted by Gasteiger charge is -2.11. The Morgan fingerprint density at radius 2 is 1.70 bits per heavy atom. The summed E-state index contributed by atoms with van der Waals surface area (Å²) in [6, 6.07) is 22.4. The Balaban J connectivity index is 1.63. The molecular weight excluding hydrogens is 341 g/mol. The fourth-order valence-corrected chi connectivity index (χ4v) is 2.93. The molecule has 0 atom stereocenters. The van der Waals surface area contributed by atoms with Crippen molar-refractivity contribution in [1.82, 2.24) is 15.0 Å². The lowest BCUT2D eigenvalue weighted by atomic mass is 10.0. The Hall–Kier alpha value is -3.47. The van der Waals surface area contributed by atoms with Gasteiger partial charge in [0.15, 0.2) is 0 Å². The first-order valence-corrected chi connectivity index (χ1v) is 8.75. The van der Waals surface area contributed by atoms with Crippen molar-refractivity contribution in [2.24, 2.45) is 0 Å². The smallest absolute Gasteiger partial charge is 0.130 e. The van der Waals surface area contributed by atoms with Crippen LogP contribution in [-0.2, 0) is 0 Å². The fourth-order valence-electron chi connectivity index (χ4n) is 2.93. The highest BCUT2D eigenvalue weighted by Crippen LogP contribution is 2.31. The van der Waals surface area contributed by atoms with Crippen molar-refractivity contribution < 1.29 is 9.13 Å². The largest absolute Gasteiger partial charge is 0.493 e. The summed E-state index contributed by atoms with van der Waals surface area (Å²) in [5.74, 6) is 0.229. The monoisotopic (exact) mass is 359 g/mol. The van der Waals surface area contributed by atoms with Crippen LogP contribution < -0.4 is 4.74 Å². The zero-order valence-corrected chi connectivity index (χ0v) is 14.8. The molecule has 0 bridgehead atoms. The Kier molecular flexibility index (Phi) is 4.66. The maximum atomic E-state index is 13.5. The van der Waals surface area contributed by atoms with E-state index in [2.05, 4.69) is 10.3 Å². The van der Waals surface area contributed by atoms with Gasteiger partial charge < -0.3 is 4.74 Å². The molecule has 4 rings (SSSR count). The van der Waals surface area contributed by atoms with Gasteiger partial charge in [-0.15, -0.1) is 5.10 Å². The van der Waals surface area contributed by atoms with Crippen LogP contribution in [0.25, 0.3) is 28.1 Å². The first-order valence-electron chi connectivity index (χ1n) is 8.75. The van der Waals surface area contributed by atoms with Gasteiger partial charge in [0.25, 0.3) is 0 Å². The molecule has 0 N–H and O–H groups in total. The predicted molar refractivity (Wildman–Crippen MR) is 103 cm³/mol. The summed E-state index contributed by atoms with van der Waals surface area (Å²) in [5, 5.41) is 8.46. The summed E-state index contributed by atoms with van der Waals surface area (Å²) < 4.78 is 20.8. The Bertz CT molecular complexity index is 1040. The second-order valence-corrected chi connectivity index (χ2v) is 6.03. The van der Waals surface area contributed by atoms with Gasteiger partial charge in [-0.2, -0.15) is 0 Å². The summed E-state index contributed by atoms with van der Waals surface area (Å²) in [5.41, 5.74) is 4.54. The number of ether oxygens (including phenoxy) is 1. The molecule has 0 radical (unpaired) electrons. The van der Waals surface area contributed by atoms with Gasteiger partial charge in [0.2, 0.25) is 0 Å². The van der Waals surface area contributed by atoms with E-state index >= 15 is 0 Å². The van der Waals surface area contributed by atoms with Crippen LogP contribution >= 0.6 is 0 Å². The second-order valence-electron chi connectivity index (χ2n) is 6.03. The topological polar surface area (TPSA) is 39.9 Å². The van der Waals surface area contributed by atoms with Gasteiger partial charge in [-0.3, -0.25) is 0 Å². The van der Waals surface area contributed by atoms with E-state index in [9.17, 15) is 4.39 Å². The number of rotatable bonds is 5. The van der Waals surface area contributed by atoms with E-state index in [1.165, 1.54) is 12.1 Å². The predicted octanol–water partition coefficient (Wildman–Crippen LogP) is 5.14. The van der Waals surface area contributed by atoms with Gasteiger partial charge >= 0.3 is 0 Å². The van der Waals surface area contributed by atoms with E-state index in [4.69, 9.17) is 4.74 Å². The van der Waals surface area contributed by atoms with Gasteiger partial charge in [-0.1, -0.05) is 47.7 Å². The van der Waals surface area contributed by atoms with Crippen molar-refractivity contribution >= 4 is 0 Å². The molecule has 0 saturated carbocycles. The molecule has 5 heteroatoms. The maximum absolute atomic E-state index is 13.5. The van der Waals surface area contributed by atoms with Gasteiger partial charge in [-0.05, 0) is 36.8 Å². The second kappa shape index (κ2) is 7.41. The fraction of sp³-hybridized carbons (Fsp3) is 0.0909. The number of aromatic nitrogens is 3. The first kappa shape index (κ1) is 17.0. The highest BCUT2D eigenvalue weighted by Gasteiger charge is 2.09. The zero-order valence-electron chi connectivity index (χ0n) is 14.8. The lowest BCUT2D eigenvalue weighted by molar-refractivity contribution is 0.339. The minimum absolute atomic E-state index is 0.310. The van der Waals surface area contributed by atoms with Crippen LogP contribution in [0.4, 0.5) is 4.39 Å².